The highest BCUT2D eigenvalue weighted by Crippen LogP contribution is 2.44. The summed E-state index contributed by atoms with van der Waals surface area (Å²) in [7, 11) is 1.57. The number of nitrogens with one attached hydrogen (secondary N) is 2. The molecule has 1 heterocycles. The van der Waals surface area contributed by atoms with Gasteiger partial charge in [0.15, 0.2) is 0 Å². The molecular formula is C25H26N4O5. The molecule has 0 fully saturated rings. The Bertz CT molecular complexity index is 1190. The minimum absolute atomic E-state index is 0.0540. The van der Waals surface area contributed by atoms with E-state index < -0.39 is 24.0 Å². The molecule has 2 aromatic carbocycles. The zero-order valence-corrected chi connectivity index (χ0v) is 18.9. The lowest BCUT2D eigenvalue weighted by atomic mass is 9.98. The molecule has 0 spiro atoms. The minimum atomic E-state index is -1.12. The van der Waals surface area contributed by atoms with E-state index in [0.717, 1.165) is 22.3 Å². The normalized spacial score (nSPS) is 13.0. The Kier molecular flexibility index (Phi) is 6.62. The topological polar surface area (TPSA) is 123 Å². The second-order valence-corrected chi connectivity index (χ2v) is 8.13. The van der Waals surface area contributed by atoms with Gasteiger partial charge >= 0.3 is 12.1 Å². The maximum Gasteiger partial charge on any atom is 0.412 e. The molecule has 4 rings (SSSR count). The molecule has 3 aromatic rings. The summed E-state index contributed by atoms with van der Waals surface area (Å²) in [5.41, 5.74) is 4.48. The molecular weight excluding hydrogens is 436 g/mol. The number of hydrogen-bond donors (Lipinski definition) is 3. The number of nitrogens with zero attached hydrogens (tertiary/aromatic N) is 2. The highest BCUT2D eigenvalue weighted by atomic mass is 16.5. The monoisotopic (exact) mass is 462 g/mol. The van der Waals surface area contributed by atoms with E-state index in [0.29, 0.717) is 6.42 Å². The number of aryl methyl sites for hydroxylation is 1. The number of benzene rings is 2. The number of amides is 2. The van der Waals surface area contributed by atoms with Crippen LogP contribution in [0.3, 0.4) is 0 Å². The third-order valence-corrected chi connectivity index (χ3v) is 5.93. The van der Waals surface area contributed by atoms with E-state index in [4.69, 9.17) is 4.74 Å². The summed E-state index contributed by atoms with van der Waals surface area (Å²) < 4.78 is 6.87. The second kappa shape index (κ2) is 9.78. The fraction of sp³-hybridized carbons (Fsp3) is 0.280. The van der Waals surface area contributed by atoms with Gasteiger partial charge in [-0.25, -0.2) is 9.59 Å². The van der Waals surface area contributed by atoms with Gasteiger partial charge < -0.3 is 15.2 Å². The van der Waals surface area contributed by atoms with Gasteiger partial charge in [-0.2, -0.15) is 5.10 Å². The molecule has 1 aliphatic carbocycles. The quantitative estimate of drug-likeness (QED) is 0.468. The summed E-state index contributed by atoms with van der Waals surface area (Å²) in [6, 6.07) is 15.0. The third-order valence-electron chi connectivity index (χ3n) is 5.93. The molecule has 34 heavy (non-hydrogen) atoms. The minimum Gasteiger partial charge on any atom is -0.480 e. The van der Waals surface area contributed by atoms with E-state index in [1.165, 1.54) is 10.9 Å². The molecule has 1 aliphatic rings. The molecule has 0 saturated heterocycles. The van der Waals surface area contributed by atoms with Crippen LogP contribution in [0.25, 0.3) is 11.1 Å². The number of carboxylic acid groups (broad SMARTS) is 1. The van der Waals surface area contributed by atoms with Gasteiger partial charge in [-0.3, -0.25) is 14.8 Å². The van der Waals surface area contributed by atoms with Crippen LogP contribution in [0.15, 0.2) is 54.7 Å². The number of aromatic nitrogens is 2. The molecule has 0 bridgehead atoms. The molecule has 3 N–H and O–H groups in total. The van der Waals surface area contributed by atoms with Crippen LogP contribution in [0.5, 0.6) is 0 Å². The maximum atomic E-state index is 12.7. The van der Waals surface area contributed by atoms with Gasteiger partial charge in [-0.15, -0.1) is 0 Å². The Morgan fingerprint density at radius 1 is 1.09 bits per heavy atom. The lowest BCUT2D eigenvalue weighted by Crippen LogP contribution is -2.40. The smallest absolute Gasteiger partial charge is 0.412 e. The zero-order valence-electron chi connectivity index (χ0n) is 18.9. The Morgan fingerprint density at radius 3 is 2.29 bits per heavy atom. The maximum absolute atomic E-state index is 12.7. The average Bonchev–Trinajstić information content (AvgIpc) is 3.35. The van der Waals surface area contributed by atoms with E-state index in [1.807, 2.05) is 43.3 Å². The van der Waals surface area contributed by atoms with Crippen molar-refractivity contribution < 1.29 is 24.2 Å². The Hall–Kier alpha value is -4.14. The van der Waals surface area contributed by atoms with E-state index in [-0.39, 0.29) is 30.3 Å². The fourth-order valence-corrected chi connectivity index (χ4v) is 4.27. The lowest BCUT2D eigenvalue weighted by Gasteiger charge is -2.16. The first-order valence-electron chi connectivity index (χ1n) is 11.1. The van der Waals surface area contributed by atoms with E-state index in [9.17, 15) is 19.5 Å². The number of carboxylic acids is 1. The number of carbonyl (C=O) groups is 3. The van der Waals surface area contributed by atoms with Crippen molar-refractivity contribution in [2.75, 3.05) is 11.9 Å². The fourth-order valence-electron chi connectivity index (χ4n) is 4.27. The Labute approximate surface area is 196 Å². The highest BCUT2D eigenvalue weighted by Gasteiger charge is 2.29. The number of hydrogen-bond acceptors (Lipinski definition) is 5. The van der Waals surface area contributed by atoms with Crippen LogP contribution in [0.4, 0.5) is 10.6 Å². The van der Waals surface area contributed by atoms with Crippen molar-refractivity contribution in [3.63, 3.8) is 0 Å². The van der Waals surface area contributed by atoms with Gasteiger partial charge in [-0.05, 0) is 28.7 Å². The van der Waals surface area contributed by atoms with Crippen molar-refractivity contribution in [1.29, 1.82) is 0 Å². The van der Waals surface area contributed by atoms with Crippen LogP contribution in [-0.2, 0) is 16.6 Å². The predicted molar refractivity (Wildman–Crippen MR) is 126 cm³/mol. The molecule has 1 atom stereocenters. The van der Waals surface area contributed by atoms with Gasteiger partial charge in [0.2, 0.25) is 0 Å². The zero-order chi connectivity index (χ0) is 24.2. The molecule has 9 nitrogen and oxygen atoms in total. The van der Waals surface area contributed by atoms with Gasteiger partial charge in [-0.1, -0.05) is 61.9 Å². The van der Waals surface area contributed by atoms with Gasteiger partial charge in [0.05, 0.1) is 6.20 Å². The number of carbonyl (C=O) groups excluding carboxylic acids is 2. The molecule has 2 amide bonds. The Morgan fingerprint density at radius 2 is 1.71 bits per heavy atom. The van der Waals surface area contributed by atoms with Crippen molar-refractivity contribution in [2.45, 2.75) is 31.7 Å². The van der Waals surface area contributed by atoms with Gasteiger partial charge in [0.25, 0.3) is 5.91 Å². The predicted octanol–water partition coefficient (Wildman–Crippen LogP) is 3.76. The molecule has 9 heteroatoms. The summed E-state index contributed by atoms with van der Waals surface area (Å²) in [6.07, 6.45) is 1.42. The molecule has 176 valence electrons. The van der Waals surface area contributed by atoms with E-state index >= 15 is 0 Å². The van der Waals surface area contributed by atoms with Crippen molar-refractivity contribution in [3.8, 4) is 11.1 Å². The first-order valence-corrected chi connectivity index (χ1v) is 11.1. The number of rotatable bonds is 8. The second-order valence-electron chi connectivity index (χ2n) is 8.13. The first kappa shape index (κ1) is 23.0. The van der Waals surface area contributed by atoms with Crippen molar-refractivity contribution in [3.05, 3.63) is 71.4 Å². The van der Waals surface area contributed by atoms with Crippen molar-refractivity contribution in [2.24, 2.45) is 7.05 Å². The lowest BCUT2D eigenvalue weighted by molar-refractivity contribution is -0.139. The molecule has 1 aromatic heterocycles. The van der Waals surface area contributed by atoms with E-state index in [1.54, 1.807) is 7.05 Å². The van der Waals surface area contributed by atoms with E-state index in [2.05, 4.69) is 27.9 Å². The number of fused-ring (bicyclic) bond motifs is 3. The molecule has 0 aliphatic heterocycles. The average molecular weight is 463 g/mol. The van der Waals surface area contributed by atoms with Gasteiger partial charge in [0.1, 0.15) is 24.0 Å². The van der Waals surface area contributed by atoms with Crippen LogP contribution in [-0.4, -0.2) is 45.5 Å². The largest absolute Gasteiger partial charge is 0.480 e. The number of ether oxygens (including phenoxy) is 1. The summed E-state index contributed by atoms with van der Waals surface area (Å²) in [4.78, 5) is 36.7. The summed E-state index contributed by atoms with van der Waals surface area (Å²) in [6.45, 7) is 1.95. The molecule has 0 saturated carbocycles. The Balaban J connectivity index is 1.45. The van der Waals surface area contributed by atoms with Crippen LogP contribution < -0.4 is 10.6 Å². The SMILES string of the molecule is CCC[C@@H](NC(=O)c1cnn(C)c1NC(=O)OCC1c2ccccc2-c2ccccc21)C(=O)O. The number of anilines is 1. The van der Waals surface area contributed by atoms with Gasteiger partial charge in [0, 0.05) is 13.0 Å². The first-order chi connectivity index (χ1) is 16.4. The number of aliphatic carboxylic acids is 1. The summed E-state index contributed by atoms with van der Waals surface area (Å²) in [5.74, 6) is -1.73. The third kappa shape index (κ3) is 4.50. The standard InChI is InChI=1S/C25H26N4O5/c1-3-8-21(24(31)32)27-23(30)19-13-26-29(2)22(19)28-25(33)34-14-20-17-11-6-4-9-15(17)16-10-5-7-12-18(16)20/h4-7,9-13,20-21H,3,8,14H2,1-2H3,(H,27,30)(H,28,33)(H,31,32)/t21-/m1/s1. The van der Waals surface area contributed by atoms with Crippen LogP contribution in [0.1, 0.15) is 47.2 Å². The molecule has 0 radical (unpaired) electrons. The summed E-state index contributed by atoms with van der Waals surface area (Å²) >= 11 is 0. The summed E-state index contributed by atoms with van der Waals surface area (Å²) in [5, 5.41) is 18.4. The van der Waals surface area contributed by atoms with Crippen LogP contribution in [0.2, 0.25) is 0 Å². The van der Waals surface area contributed by atoms with Crippen LogP contribution in [0, 0.1) is 0 Å². The highest BCUT2D eigenvalue weighted by molar-refractivity contribution is 6.02. The van der Waals surface area contributed by atoms with Crippen LogP contribution >= 0.6 is 0 Å². The molecule has 0 unspecified atom stereocenters. The van der Waals surface area contributed by atoms with Crippen molar-refractivity contribution >= 4 is 23.8 Å². The van der Waals surface area contributed by atoms with Crippen molar-refractivity contribution in [1.82, 2.24) is 15.1 Å².